The van der Waals surface area contributed by atoms with Crippen molar-refractivity contribution in [2.75, 3.05) is 0 Å². The molecule has 0 radical (unpaired) electrons. The first-order valence-electron chi connectivity index (χ1n) is 11.6. The van der Waals surface area contributed by atoms with E-state index in [9.17, 15) is 22.8 Å². The average Bonchev–Trinajstić information content (AvgIpc) is 3.71. The van der Waals surface area contributed by atoms with Crippen LogP contribution in [0.4, 0.5) is 13.2 Å². The van der Waals surface area contributed by atoms with Gasteiger partial charge in [0.2, 0.25) is 5.91 Å². The Morgan fingerprint density at radius 2 is 1.65 bits per heavy atom. The predicted molar refractivity (Wildman–Crippen MR) is 121 cm³/mol. The Kier molecular flexibility index (Phi) is 6.71. The van der Waals surface area contributed by atoms with Crippen LogP contribution in [0.1, 0.15) is 66.6 Å². The summed E-state index contributed by atoms with van der Waals surface area (Å²) in [5.74, 6) is -0.465. The van der Waals surface area contributed by atoms with E-state index in [1.54, 1.807) is 12.1 Å². The lowest BCUT2D eigenvalue weighted by molar-refractivity contribution is -0.138. The van der Waals surface area contributed by atoms with Crippen LogP contribution in [0, 0.1) is 5.92 Å². The molecule has 0 aliphatic heterocycles. The van der Waals surface area contributed by atoms with E-state index in [0.717, 1.165) is 43.4 Å². The van der Waals surface area contributed by atoms with Gasteiger partial charge in [0, 0.05) is 11.6 Å². The molecule has 1 atom stereocenters. The minimum Gasteiger partial charge on any atom is -0.363 e. The van der Waals surface area contributed by atoms with Crippen LogP contribution in [0.3, 0.4) is 0 Å². The molecular formula is C26H29F3N2O3. The van der Waals surface area contributed by atoms with Crippen LogP contribution in [0.25, 0.3) is 0 Å². The summed E-state index contributed by atoms with van der Waals surface area (Å²) in [4.78, 5) is 25.3. The van der Waals surface area contributed by atoms with Crippen LogP contribution in [0.15, 0.2) is 48.5 Å². The zero-order valence-electron chi connectivity index (χ0n) is 19.2. The third kappa shape index (κ3) is 5.78. The molecule has 2 fully saturated rings. The Balaban J connectivity index is 1.36. The Labute approximate surface area is 197 Å². The second-order valence-corrected chi connectivity index (χ2v) is 9.57. The summed E-state index contributed by atoms with van der Waals surface area (Å²) in [5, 5.41) is 6.07. The number of ether oxygens (including phenoxy) is 1. The fourth-order valence-electron chi connectivity index (χ4n) is 3.90. The molecule has 0 saturated heterocycles. The molecule has 0 heterocycles. The highest BCUT2D eigenvalue weighted by Gasteiger charge is 2.47. The van der Waals surface area contributed by atoms with Gasteiger partial charge in [0.15, 0.2) is 0 Å². The van der Waals surface area contributed by atoms with E-state index in [-0.39, 0.29) is 30.4 Å². The minimum atomic E-state index is -4.39. The molecule has 2 saturated carbocycles. The van der Waals surface area contributed by atoms with E-state index in [1.807, 2.05) is 26.0 Å². The van der Waals surface area contributed by atoms with Crippen molar-refractivity contribution in [1.82, 2.24) is 10.6 Å². The molecule has 2 N–H and O–H groups in total. The number of nitrogens with one attached hydrogen (secondary N) is 2. The highest BCUT2D eigenvalue weighted by atomic mass is 19.4. The Morgan fingerprint density at radius 3 is 2.15 bits per heavy atom. The van der Waals surface area contributed by atoms with Crippen molar-refractivity contribution in [1.29, 1.82) is 0 Å². The number of carbonyl (C=O) groups is 2. The Hall–Kier alpha value is -2.87. The first-order valence-corrected chi connectivity index (χ1v) is 11.6. The molecule has 5 nitrogen and oxygen atoms in total. The molecule has 34 heavy (non-hydrogen) atoms. The van der Waals surface area contributed by atoms with E-state index in [1.165, 1.54) is 12.1 Å². The molecule has 2 aromatic carbocycles. The standard InChI is InChI=1S/C26H29F3N2O3/c1-16(2)22(34-15-17-3-7-20(8-4-17)26(27,28)29)24(33)31-25(13-14-25)19-9-5-18(6-10-19)23(32)30-21-11-12-21/h3-10,16,21-22H,11-15H2,1-2H3,(H,30,32)(H,31,33). The lowest BCUT2D eigenvalue weighted by atomic mass is 10.0. The number of alkyl halides is 3. The quantitative estimate of drug-likeness (QED) is 0.541. The van der Waals surface area contributed by atoms with Crippen LogP contribution >= 0.6 is 0 Å². The summed E-state index contributed by atoms with van der Waals surface area (Å²) in [5.41, 5.74) is 0.897. The van der Waals surface area contributed by atoms with Crippen molar-refractivity contribution in [3.8, 4) is 0 Å². The maximum atomic E-state index is 13.1. The van der Waals surface area contributed by atoms with E-state index in [0.29, 0.717) is 11.1 Å². The van der Waals surface area contributed by atoms with Gasteiger partial charge in [-0.15, -0.1) is 0 Å². The molecule has 2 aromatic rings. The normalized spacial score (nSPS) is 17.8. The molecule has 2 amide bonds. The highest BCUT2D eigenvalue weighted by molar-refractivity contribution is 5.94. The van der Waals surface area contributed by atoms with Crippen molar-refractivity contribution >= 4 is 11.8 Å². The topological polar surface area (TPSA) is 67.4 Å². The van der Waals surface area contributed by atoms with Gasteiger partial charge in [-0.1, -0.05) is 38.1 Å². The summed E-state index contributed by atoms with van der Waals surface area (Å²) >= 11 is 0. The molecular weight excluding hydrogens is 445 g/mol. The molecule has 0 spiro atoms. The lowest BCUT2D eigenvalue weighted by Crippen LogP contribution is -2.44. The molecule has 182 valence electrons. The van der Waals surface area contributed by atoms with E-state index < -0.39 is 23.4 Å². The first kappa shape index (κ1) is 24.3. The van der Waals surface area contributed by atoms with Crippen LogP contribution in [-0.2, 0) is 27.9 Å². The fraction of sp³-hybridized carbons (Fsp3) is 0.462. The molecule has 2 aliphatic rings. The van der Waals surface area contributed by atoms with Crippen molar-refractivity contribution in [2.24, 2.45) is 5.92 Å². The monoisotopic (exact) mass is 474 g/mol. The summed E-state index contributed by atoms with van der Waals surface area (Å²) in [7, 11) is 0. The van der Waals surface area contributed by atoms with Crippen molar-refractivity contribution in [3.05, 3.63) is 70.8 Å². The van der Waals surface area contributed by atoms with Crippen LogP contribution in [-0.4, -0.2) is 24.0 Å². The van der Waals surface area contributed by atoms with E-state index in [2.05, 4.69) is 10.6 Å². The summed E-state index contributed by atoms with van der Waals surface area (Å²) < 4.78 is 44.1. The smallest absolute Gasteiger partial charge is 0.363 e. The number of amides is 2. The maximum absolute atomic E-state index is 13.1. The first-order chi connectivity index (χ1) is 16.1. The van der Waals surface area contributed by atoms with E-state index in [4.69, 9.17) is 4.74 Å². The Morgan fingerprint density at radius 1 is 1.03 bits per heavy atom. The average molecular weight is 475 g/mol. The largest absolute Gasteiger partial charge is 0.416 e. The SMILES string of the molecule is CC(C)C(OCc1ccc(C(F)(F)F)cc1)C(=O)NC1(c2ccc(C(=O)NC3CC3)cc2)CC1. The van der Waals surface area contributed by atoms with Gasteiger partial charge in [0.1, 0.15) is 6.10 Å². The predicted octanol–water partition coefficient (Wildman–Crippen LogP) is 4.94. The number of benzene rings is 2. The van der Waals surface area contributed by atoms with Crippen molar-refractivity contribution in [2.45, 2.75) is 70.0 Å². The molecule has 1 unspecified atom stereocenters. The molecule has 4 rings (SSSR count). The van der Waals surface area contributed by atoms with Gasteiger partial charge in [-0.3, -0.25) is 9.59 Å². The summed E-state index contributed by atoms with van der Waals surface area (Å²) in [6, 6.07) is 12.3. The number of carbonyl (C=O) groups excluding carboxylic acids is 2. The number of hydrogen-bond donors (Lipinski definition) is 2. The second-order valence-electron chi connectivity index (χ2n) is 9.57. The molecule has 0 bridgehead atoms. The third-order valence-electron chi connectivity index (χ3n) is 6.30. The number of hydrogen-bond acceptors (Lipinski definition) is 3. The fourth-order valence-corrected chi connectivity index (χ4v) is 3.90. The van der Waals surface area contributed by atoms with Gasteiger partial charge in [-0.05, 0) is 67.0 Å². The third-order valence-corrected chi connectivity index (χ3v) is 6.30. The lowest BCUT2D eigenvalue weighted by Gasteiger charge is -2.25. The zero-order valence-corrected chi connectivity index (χ0v) is 19.2. The second kappa shape index (κ2) is 9.41. The van der Waals surface area contributed by atoms with E-state index >= 15 is 0 Å². The van der Waals surface area contributed by atoms with Gasteiger partial charge >= 0.3 is 6.18 Å². The van der Waals surface area contributed by atoms with Crippen molar-refractivity contribution in [3.63, 3.8) is 0 Å². The minimum absolute atomic E-state index is 0.0339. The number of halogens is 3. The molecule has 8 heteroatoms. The van der Waals surface area contributed by atoms with Crippen LogP contribution in [0.5, 0.6) is 0 Å². The molecule has 0 aromatic heterocycles. The van der Waals surface area contributed by atoms with Crippen LogP contribution in [0.2, 0.25) is 0 Å². The molecule has 2 aliphatic carbocycles. The zero-order chi connectivity index (χ0) is 24.5. The maximum Gasteiger partial charge on any atom is 0.416 e. The van der Waals surface area contributed by atoms with Gasteiger partial charge in [-0.2, -0.15) is 13.2 Å². The van der Waals surface area contributed by atoms with Gasteiger partial charge < -0.3 is 15.4 Å². The number of rotatable bonds is 9. The Bertz CT molecular complexity index is 1020. The summed E-state index contributed by atoms with van der Waals surface area (Å²) in [6.07, 6.45) is -1.51. The summed E-state index contributed by atoms with van der Waals surface area (Å²) in [6.45, 7) is 3.76. The van der Waals surface area contributed by atoms with Gasteiger partial charge in [0.25, 0.3) is 5.91 Å². The van der Waals surface area contributed by atoms with Crippen LogP contribution < -0.4 is 10.6 Å². The van der Waals surface area contributed by atoms with Crippen molar-refractivity contribution < 1.29 is 27.5 Å². The van der Waals surface area contributed by atoms with Gasteiger partial charge in [-0.25, -0.2) is 0 Å². The highest BCUT2D eigenvalue weighted by Crippen LogP contribution is 2.45. The van der Waals surface area contributed by atoms with Gasteiger partial charge in [0.05, 0.1) is 17.7 Å².